The van der Waals surface area contributed by atoms with Gasteiger partial charge in [-0.2, -0.15) is 0 Å². The Morgan fingerprint density at radius 3 is 2.59 bits per heavy atom. The first-order valence-electron chi connectivity index (χ1n) is 12.2. The second-order valence-corrected chi connectivity index (χ2v) is 11.9. The van der Waals surface area contributed by atoms with Crippen molar-refractivity contribution in [3.05, 3.63) is 73.9 Å². The van der Waals surface area contributed by atoms with Gasteiger partial charge < -0.3 is 19.1 Å². The van der Waals surface area contributed by atoms with Crippen LogP contribution in [-0.2, 0) is 23.4 Å². The van der Waals surface area contributed by atoms with Gasteiger partial charge in [0.25, 0.3) is 5.56 Å². The van der Waals surface area contributed by atoms with Crippen LogP contribution < -0.4 is 15.8 Å². The molecule has 1 unspecified atom stereocenters. The lowest BCUT2D eigenvalue weighted by Crippen LogP contribution is -2.45. The molecule has 0 bridgehead atoms. The van der Waals surface area contributed by atoms with Crippen molar-refractivity contribution in [2.45, 2.75) is 51.7 Å². The molecule has 39 heavy (non-hydrogen) atoms. The van der Waals surface area contributed by atoms with E-state index >= 15 is 0 Å². The molecule has 0 amide bonds. The number of hydrogen-bond acceptors (Lipinski definition) is 10. The standard InChI is InChI=1S/C24H32N5O9P/c1-15(2)12-35-21(32)16(3)14-39(34,38-17-8-6-5-7-9-17)36-13-18-20(31)24(4,27-28-25)22(37-18)29-11-10-19(30)26-23(29)33/h5-11,15-16,18,20,22,31H,12-14H2,1-4H3,(H,26,30,33)/t16-,18+,20+,22+,24+,39?/m0/s1. The topological polar surface area (TPSA) is 195 Å². The second-order valence-electron chi connectivity index (χ2n) is 9.82. The van der Waals surface area contributed by atoms with Crippen molar-refractivity contribution in [2.75, 3.05) is 19.4 Å². The minimum atomic E-state index is -4.05. The highest BCUT2D eigenvalue weighted by Crippen LogP contribution is 2.51. The maximum Gasteiger partial charge on any atom is 0.380 e. The summed E-state index contributed by atoms with van der Waals surface area (Å²) in [6.07, 6.45) is -3.28. The quantitative estimate of drug-likeness (QED) is 0.128. The van der Waals surface area contributed by atoms with Crippen LogP contribution in [0.15, 0.2) is 57.3 Å². The number of aliphatic hydroxyl groups is 1. The van der Waals surface area contributed by atoms with Crippen LogP contribution in [0.5, 0.6) is 5.75 Å². The number of esters is 1. The first-order valence-corrected chi connectivity index (χ1v) is 14.0. The lowest BCUT2D eigenvalue weighted by molar-refractivity contribution is -0.148. The zero-order valence-electron chi connectivity index (χ0n) is 22.0. The Balaban J connectivity index is 1.84. The number of rotatable bonds is 12. The number of ether oxygens (including phenoxy) is 2. The Bertz CT molecular complexity index is 1360. The molecule has 14 nitrogen and oxygen atoms in total. The number of H-pyrrole nitrogens is 1. The summed E-state index contributed by atoms with van der Waals surface area (Å²) in [6, 6.07) is 9.28. The van der Waals surface area contributed by atoms with Crippen molar-refractivity contribution in [3.8, 4) is 5.75 Å². The van der Waals surface area contributed by atoms with Gasteiger partial charge >= 0.3 is 19.3 Å². The SMILES string of the molecule is CC(C)COC(=O)[C@@H](C)CP(=O)(OC[C@H]1O[C@@H](n2ccc(=O)[nH]c2=O)[C@](C)(N=[N+]=[N-])[C@@H]1O)Oc1ccccc1. The molecule has 1 aromatic carbocycles. The number of azide groups is 1. The van der Waals surface area contributed by atoms with Gasteiger partial charge in [-0.3, -0.25) is 23.7 Å². The number of hydrogen-bond donors (Lipinski definition) is 2. The van der Waals surface area contributed by atoms with E-state index in [-0.39, 0.29) is 24.4 Å². The number of aromatic nitrogens is 2. The average Bonchev–Trinajstić information content (AvgIpc) is 3.11. The number of para-hydroxylation sites is 1. The van der Waals surface area contributed by atoms with Crippen LogP contribution >= 0.6 is 7.60 Å². The van der Waals surface area contributed by atoms with Crippen molar-refractivity contribution < 1.29 is 33.0 Å². The van der Waals surface area contributed by atoms with E-state index in [2.05, 4.69) is 15.0 Å². The molecule has 0 spiro atoms. The maximum absolute atomic E-state index is 13.9. The molecule has 15 heteroatoms. The Hall–Kier alpha value is -3.41. The smallest absolute Gasteiger partial charge is 0.380 e. The Morgan fingerprint density at radius 2 is 1.97 bits per heavy atom. The predicted molar refractivity (Wildman–Crippen MR) is 139 cm³/mol. The summed E-state index contributed by atoms with van der Waals surface area (Å²) >= 11 is 0. The Labute approximate surface area is 224 Å². The van der Waals surface area contributed by atoms with E-state index in [4.69, 9.17) is 24.1 Å². The van der Waals surface area contributed by atoms with Crippen LogP contribution in [0.25, 0.3) is 10.4 Å². The van der Waals surface area contributed by atoms with Crippen molar-refractivity contribution in [1.82, 2.24) is 9.55 Å². The molecule has 1 aliphatic heterocycles. The summed E-state index contributed by atoms with van der Waals surface area (Å²) in [7, 11) is -4.05. The van der Waals surface area contributed by atoms with E-state index in [1.165, 1.54) is 13.8 Å². The summed E-state index contributed by atoms with van der Waals surface area (Å²) in [4.78, 5) is 41.2. The lowest BCUT2D eigenvalue weighted by atomic mass is 9.93. The fourth-order valence-corrected chi connectivity index (χ4v) is 5.81. The molecule has 1 aliphatic rings. The zero-order valence-corrected chi connectivity index (χ0v) is 22.9. The predicted octanol–water partition coefficient (Wildman–Crippen LogP) is 2.99. The number of carbonyl (C=O) groups excluding carboxylic acids is 1. The first kappa shape index (κ1) is 30.1. The molecule has 0 radical (unpaired) electrons. The van der Waals surface area contributed by atoms with Crippen LogP contribution in [0.4, 0.5) is 0 Å². The molecule has 6 atom stereocenters. The van der Waals surface area contributed by atoms with Gasteiger partial charge in [-0.25, -0.2) is 9.36 Å². The van der Waals surface area contributed by atoms with Crippen LogP contribution in [0.3, 0.4) is 0 Å². The fraction of sp³-hybridized carbons (Fsp3) is 0.542. The second kappa shape index (κ2) is 12.6. The molecule has 0 aliphatic carbocycles. The van der Waals surface area contributed by atoms with Gasteiger partial charge in [0.2, 0.25) is 0 Å². The van der Waals surface area contributed by atoms with E-state index in [9.17, 15) is 24.1 Å². The van der Waals surface area contributed by atoms with Gasteiger partial charge in [0.1, 0.15) is 17.4 Å². The molecule has 1 saturated heterocycles. The molecule has 212 valence electrons. The highest BCUT2D eigenvalue weighted by Gasteiger charge is 2.54. The number of benzene rings is 1. The average molecular weight is 566 g/mol. The molecular weight excluding hydrogens is 533 g/mol. The molecule has 3 rings (SSSR count). The minimum absolute atomic E-state index is 0.110. The monoisotopic (exact) mass is 565 g/mol. The fourth-order valence-electron chi connectivity index (χ4n) is 3.94. The van der Waals surface area contributed by atoms with Crippen LogP contribution in [0.1, 0.15) is 33.9 Å². The van der Waals surface area contributed by atoms with Gasteiger partial charge in [-0.15, -0.1) is 0 Å². The molecule has 0 saturated carbocycles. The minimum Gasteiger partial charge on any atom is -0.465 e. The molecule has 2 heterocycles. The number of carbonyl (C=O) groups is 1. The van der Waals surface area contributed by atoms with Crippen LogP contribution in [-0.4, -0.2) is 57.7 Å². The third-order valence-corrected chi connectivity index (χ3v) is 8.03. The zero-order chi connectivity index (χ0) is 28.8. The van der Waals surface area contributed by atoms with Gasteiger partial charge in [-0.1, -0.05) is 44.1 Å². The number of aliphatic hydroxyl groups excluding tert-OH is 1. The summed E-state index contributed by atoms with van der Waals surface area (Å²) < 4.78 is 37.3. The summed E-state index contributed by atoms with van der Waals surface area (Å²) in [5.74, 6) is -1.09. The molecule has 2 N–H and O–H groups in total. The lowest BCUT2D eigenvalue weighted by Gasteiger charge is -2.28. The summed E-state index contributed by atoms with van der Waals surface area (Å²) in [5, 5.41) is 14.7. The van der Waals surface area contributed by atoms with Gasteiger partial charge in [0.05, 0.1) is 31.4 Å². The Morgan fingerprint density at radius 1 is 1.28 bits per heavy atom. The van der Waals surface area contributed by atoms with Crippen molar-refractivity contribution >= 4 is 13.6 Å². The number of nitrogens with one attached hydrogen (secondary N) is 1. The van der Waals surface area contributed by atoms with Crippen molar-refractivity contribution in [2.24, 2.45) is 17.0 Å². The van der Waals surface area contributed by atoms with E-state index in [1.54, 1.807) is 30.3 Å². The van der Waals surface area contributed by atoms with Crippen molar-refractivity contribution in [1.29, 1.82) is 0 Å². The molecule has 1 fully saturated rings. The maximum atomic E-state index is 13.9. The molecular formula is C24H32N5O9P. The summed E-state index contributed by atoms with van der Waals surface area (Å²) in [5.41, 5.74) is 5.92. The van der Waals surface area contributed by atoms with Crippen LogP contribution in [0.2, 0.25) is 0 Å². The van der Waals surface area contributed by atoms with Gasteiger partial charge in [0, 0.05) is 17.2 Å². The van der Waals surface area contributed by atoms with E-state index in [0.717, 1.165) is 16.8 Å². The first-order chi connectivity index (χ1) is 18.4. The van der Waals surface area contributed by atoms with Gasteiger partial charge in [-0.05, 0) is 30.5 Å². The number of aromatic amines is 1. The summed E-state index contributed by atoms with van der Waals surface area (Å²) in [6.45, 7) is 6.35. The highest BCUT2D eigenvalue weighted by atomic mass is 31.2. The van der Waals surface area contributed by atoms with E-state index in [1.807, 2.05) is 13.8 Å². The normalized spacial score (nSPS) is 24.9. The van der Waals surface area contributed by atoms with Gasteiger partial charge in [0.15, 0.2) is 6.23 Å². The van der Waals surface area contributed by atoms with E-state index in [0.29, 0.717) is 0 Å². The number of nitrogens with zero attached hydrogens (tertiary/aromatic N) is 4. The van der Waals surface area contributed by atoms with Crippen molar-refractivity contribution in [3.63, 3.8) is 0 Å². The third-order valence-electron chi connectivity index (χ3n) is 6.00. The third kappa shape index (κ3) is 7.37. The molecule has 1 aromatic heterocycles. The van der Waals surface area contributed by atoms with E-state index < -0.39 is 61.3 Å². The molecule has 2 aromatic rings. The van der Waals surface area contributed by atoms with Crippen LogP contribution in [0, 0.1) is 11.8 Å². The highest BCUT2D eigenvalue weighted by molar-refractivity contribution is 7.54. The Kier molecular flexibility index (Phi) is 9.76. The largest absolute Gasteiger partial charge is 0.465 e.